The van der Waals surface area contributed by atoms with Crippen LogP contribution in [0.5, 0.6) is 0 Å². The maximum Gasteiger partial charge on any atom is 0.342 e. The second-order valence-corrected chi connectivity index (χ2v) is 5.01. The van der Waals surface area contributed by atoms with Crippen molar-refractivity contribution in [3.05, 3.63) is 33.6 Å². The molecule has 1 aliphatic carbocycles. The third-order valence-electron chi connectivity index (χ3n) is 3.58. The molecule has 8 heteroatoms. The Morgan fingerprint density at radius 3 is 2.62 bits per heavy atom. The van der Waals surface area contributed by atoms with Gasteiger partial charge in [-0.3, -0.25) is 10.1 Å². The first-order valence-corrected chi connectivity index (χ1v) is 6.56. The van der Waals surface area contributed by atoms with E-state index in [1.807, 2.05) is 0 Å². The number of aliphatic hydroxyl groups is 1. The van der Waals surface area contributed by atoms with Crippen LogP contribution in [0.25, 0.3) is 0 Å². The average molecular weight is 298 g/mol. The smallest absolute Gasteiger partial charge is 0.342 e. The summed E-state index contributed by atoms with van der Waals surface area (Å²) < 4.78 is 13.9. The highest BCUT2D eigenvalue weighted by atomic mass is 19.1. The lowest BCUT2D eigenvalue weighted by Crippen LogP contribution is -2.36. The fourth-order valence-corrected chi connectivity index (χ4v) is 2.48. The van der Waals surface area contributed by atoms with Gasteiger partial charge in [0.1, 0.15) is 5.56 Å². The summed E-state index contributed by atoms with van der Waals surface area (Å²) in [5.74, 6) is -2.42. The first-order chi connectivity index (χ1) is 9.90. The highest BCUT2D eigenvalue weighted by Crippen LogP contribution is 2.29. The molecule has 21 heavy (non-hydrogen) atoms. The number of nitro groups is 1. The van der Waals surface area contributed by atoms with Crippen molar-refractivity contribution >= 4 is 17.3 Å². The molecule has 1 fully saturated rings. The topological polar surface area (TPSA) is 113 Å². The normalized spacial score (nSPS) is 21.8. The van der Waals surface area contributed by atoms with Crippen molar-refractivity contribution in [1.29, 1.82) is 0 Å². The van der Waals surface area contributed by atoms with Gasteiger partial charge in [0, 0.05) is 0 Å². The van der Waals surface area contributed by atoms with Gasteiger partial charge in [0.2, 0.25) is 0 Å². The summed E-state index contributed by atoms with van der Waals surface area (Å²) in [6.45, 7) is 0. The zero-order valence-corrected chi connectivity index (χ0v) is 11.1. The van der Waals surface area contributed by atoms with E-state index in [1.54, 1.807) is 0 Å². The fourth-order valence-electron chi connectivity index (χ4n) is 2.48. The van der Waals surface area contributed by atoms with Crippen LogP contribution in [0.4, 0.5) is 15.8 Å². The number of aliphatic hydroxyl groups excluding tert-OH is 1. The lowest BCUT2D eigenvalue weighted by molar-refractivity contribution is -0.385. The van der Waals surface area contributed by atoms with Gasteiger partial charge in [-0.2, -0.15) is 0 Å². The van der Waals surface area contributed by atoms with Gasteiger partial charge in [0.05, 0.1) is 28.8 Å². The van der Waals surface area contributed by atoms with E-state index in [1.165, 1.54) is 0 Å². The standard InChI is InChI=1S/C13H15FN2O5/c14-8-6-11(16(20)21)7(13(18)19)5-10(8)15-9-3-1-2-4-12(9)17/h5-6,9,12,15,17H,1-4H2,(H,18,19). The highest BCUT2D eigenvalue weighted by Gasteiger charge is 2.27. The number of nitrogens with zero attached hydrogens (tertiary/aromatic N) is 1. The van der Waals surface area contributed by atoms with Crippen LogP contribution in [0.2, 0.25) is 0 Å². The van der Waals surface area contributed by atoms with Gasteiger partial charge in [0.25, 0.3) is 5.69 Å². The van der Waals surface area contributed by atoms with E-state index >= 15 is 0 Å². The number of halogens is 1. The van der Waals surface area contributed by atoms with Crippen LogP contribution >= 0.6 is 0 Å². The van der Waals surface area contributed by atoms with E-state index in [9.17, 15) is 24.4 Å². The van der Waals surface area contributed by atoms with E-state index in [4.69, 9.17) is 5.11 Å². The number of carbonyl (C=O) groups is 1. The van der Waals surface area contributed by atoms with Gasteiger partial charge in [0.15, 0.2) is 5.82 Å². The molecule has 3 N–H and O–H groups in total. The zero-order valence-electron chi connectivity index (χ0n) is 11.1. The Balaban J connectivity index is 2.33. The Morgan fingerprint density at radius 1 is 1.38 bits per heavy atom. The molecule has 2 rings (SSSR count). The molecule has 0 bridgehead atoms. The van der Waals surface area contributed by atoms with Crippen molar-refractivity contribution in [1.82, 2.24) is 0 Å². The van der Waals surface area contributed by atoms with E-state index < -0.39 is 40.1 Å². The molecule has 2 atom stereocenters. The first kappa shape index (κ1) is 15.2. The molecule has 0 heterocycles. The molecule has 0 radical (unpaired) electrons. The van der Waals surface area contributed by atoms with Crippen molar-refractivity contribution in [2.45, 2.75) is 37.8 Å². The Labute approximate surface area is 119 Å². The predicted octanol–water partition coefficient (Wildman–Crippen LogP) is 2.15. The number of benzene rings is 1. The van der Waals surface area contributed by atoms with Crippen LogP contribution in [-0.2, 0) is 0 Å². The van der Waals surface area contributed by atoms with Crippen LogP contribution < -0.4 is 5.32 Å². The lowest BCUT2D eigenvalue weighted by Gasteiger charge is -2.29. The molecule has 0 aromatic heterocycles. The first-order valence-electron chi connectivity index (χ1n) is 6.56. The Bertz CT molecular complexity index is 578. The second-order valence-electron chi connectivity index (χ2n) is 5.01. The molecular weight excluding hydrogens is 283 g/mol. The quantitative estimate of drug-likeness (QED) is 0.580. The van der Waals surface area contributed by atoms with Gasteiger partial charge in [-0.05, 0) is 18.9 Å². The molecule has 0 saturated heterocycles. The van der Waals surface area contributed by atoms with Gasteiger partial charge in [-0.1, -0.05) is 12.8 Å². The van der Waals surface area contributed by atoms with Crippen molar-refractivity contribution in [2.24, 2.45) is 0 Å². The number of hydrogen-bond acceptors (Lipinski definition) is 5. The van der Waals surface area contributed by atoms with Crippen LogP contribution in [0.1, 0.15) is 36.0 Å². The van der Waals surface area contributed by atoms with Gasteiger partial charge >= 0.3 is 5.97 Å². The number of nitrogens with one attached hydrogen (secondary N) is 1. The number of aromatic carboxylic acids is 1. The molecule has 0 spiro atoms. The highest BCUT2D eigenvalue weighted by molar-refractivity contribution is 5.93. The zero-order chi connectivity index (χ0) is 15.6. The average Bonchev–Trinajstić information content (AvgIpc) is 2.42. The molecule has 2 unspecified atom stereocenters. The summed E-state index contributed by atoms with van der Waals surface area (Å²) in [5.41, 5.74) is -1.53. The molecule has 114 valence electrons. The third-order valence-corrected chi connectivity index (χ3v) is 3.58. The van der Waals surface area contributed by atoms with Gasteiger partial charge in [-0.25, -0.2) is 9.18 Å². The lowest BCUT2D eigenvalue weighted by atomic mass is 9.92. The van der Waals surface area contributed by atoms with Gasteiger partial charge in [-0.15, -0.1) is 0 Å². The molecule has 1 saturated carbocycles. The minimum atomic E-state index is -1.51. The summed E-state index contributed by atoms with van der Waals surface area (Å²) in [4.78, 5) is 20.9. The van der Waals surface area contributed by atoms with Crippen LogP contribution in [0, 0.1) is 15.9 Å². The summed E-state index contributed by atoms with van der Waals surface area (Å²) >= 11 is 0. The molecule has 0 amide bonds. The number of carboxylic acid groups (broad SMARTS) is 1. The fraction of sp³-hybridized carbons (Fsp3) is 0.462. The van der Waals surface area contributed by atoms with E-state index in [-0.39, 0.29) is 5.69 Å². The molecule has 1 aliphatic rings. The van der Waals surface area contributed by atoms with Crippen molar-refractivity contribution in [3.63, 3.8) is 0 Å². The Kier molecular flexibility index (Phi) is 4.37. The molecular formula is C13H15FN2O5. The predicted molar refractivity (Wildman–Crippen MR) is 71.9 cm³/mol. The van der Waals surface area contributed by atoms with Crippen molar-refractivity contribution in [3.8, 4) is 0 Å². The SMILES string of the molecule is O=C(O)c1cc(NC2CCCCC2O)c(F)cc1[N+](=O)[O-]. The van der Waals surface area contributed by atoms with Crippen molar-refractivity contribution < 1.29 is 24.3 Å². The minimum absolute atomic E-state index is 0.149. The summed E-state index contributed by atoms with van der Waals surface area (Å²) in [5, 5.41) is 32.3. The number of rotatable bonds is 4. The van der Waals surface area contributed by atoms with Crippen LogP contribution in [0.15, 0.2) is 12.1 Å². The van der Waals surface area contributed by atoms with Gasteiger partial charge < -0.3 is 15.5 Å². The minimum Gasteiger partial charge on any atom is -0.477 e. The summed E-state index contributed by atoms with van der Waals surface area (Å²) in [6, 6.07) is 1.09. The maximum absolute atomic E-state index is 13.9. The largest absolute Gasteiger partial charge is 0.477 e. The number of hydrogen-bond donors (Lipinski definition) is 3. The molecule has 7 nitrogen and oxygen atoms in total. The number of anilines is 1. The molecule has 1 aromatic carbocycles. The molecule has 1 aromatic rings. The van der Waals surface area contributed by atoms with E-state index in [2.05, 4.69) is 5.32 Å². The second kappa shape index (κ2) is 6.04. The van der Waals surface area contributed by atoms with Crippen LogP contribution in [-0.4, -0.2) is 33.3 Å². The number of carboxylic acids is 1. The number of nitro benzene ring substituents is 1. The van der Waals surface area contributed by atoms with Crippen LogP contribution in [0.3, 0.4) is 0 Å². The maximum atomic E-state index is 13.9. The Hall–Kier alpha value is -2.22. The Morgan fingerprint density at radius 2 is 2.05 bits per heavy atom. The third kappa shape index (κ3) is 3.27. The molecule has 0 aliphatic heterocycles. The monoisotopic (exact) mass is 298 g/mol. The van der Waals surface area contributed by atoms with E-state index in [0.717, 1.165) is 18.9 Å². The summed E-state index contributed by atoms with van der Waals surface area (Å²) in [7, 11) is 0. The summed E-state index contributed by atoms with van der Waals surface area (Å²) in [6.07, 6.45) is 2.30. The van der Waals surface area contributed by atoms with E-state index in [0.29, 0.717) is 18.9 Å². The van der Waals surface area contributed by atoms with Crippen molar-refractivity contribution in [2.75, 3.05) is 5.32 Å².